The molecule has 0 aliphatic heterocycles. The maximum absolute atomic E-state index is 10.9. The highest BCUT2D eigenvalue weighted by atomic mass is 79.9. The molecule has 4 nitrogen and oxygen atoms in total. The first kappa shape index (κ1) is 10.8. The molecule has 0 aliphatic carbocycles. The molecule has 0 amide bonds. The summed E-state index contributed by atoms with van der Waals surface area (Å²) in [5, 5.41) is 10.3. The minimum atomic E-state index is -0.468. The molecule has 14 heavy (non-hydrogen) atoms. The van der Waals surface area contributed by atoms with Crippen molar-refractivity contribution in [1.82, 2.24) is 0 Å². The molecule has 0 radical (unpaired) electrons. The number of hydrogen-bond donors (Lipinski definition) is 0. The number of carbonyl (C=O) groups is 1. The molecule has 0 fully saturated rings. The number of non-ortho nitro benzene ring substituents is 1. The Labute approximate surface area is 89.2 Å². The smallest absolute Gasteiger partial charge is 0.269 e. The van der Waals surface area contributed by atoms with Gasteiger partial charge in [0.25, 0.3) is 5.69 Å². The molecule has 1 rings (SSSR count). The second kappa shape index (κ2) is 4.32. The third kappa shape index (κ3) is 2.38. The summed E-state index contributed by atoms with van der Waals surface area (Å²) in [5.74, 6) is -0.282. The van der Waals surface area contributed by atoms with Crippen LogP contribution in [0, 0.1) is 10.1 Å². The molecule has 1 unspecified atom stereocenters. The van der Waals surface area contributed by atoms with Crippen LogP contribution in [-0.4, -0.2) is 9.62 Å². The van der Waals surface area contributed by atoms with Crippen molar-refractivity contribution in [2.45, 2.75) is 12.8 Å². The summed E-state index contributed by atoms with van der Waals surface area (Å²) in [5.41, 5.74) is 0.792. The Morgan fingerprint density at radius 1 is 1.43 bits per heavy atom. The number of benzene rings is 1. The van der Waals surface area contributed by atoms with E-state index in [1.165, 1.54) is 12.1 Å². The van der Waals surface area contributed by atoms with E-state index in [0.717, 1.165) is 5.56 Å². The highest BCUT2D eigenvalue weighted by Gasteiger charge is 2.13. The van der Waals surface area contributed by atoms with E-state index in [9.17, 15) is 14.9 Å². The zero-order chi connectivity index (χ0) is 10.7. The van der Waals surface area contributed by atoms with Gasteiger partial charge in [0.2, 0.25) is 4.69 Å². The number of rotatable bonds is 3. The van der Waals surface area contributed by atoms with Crippen molar-refractivity contribution in [2.75, 3.05) is 0 Å². The molecular weight excluding hydrogens is 250 g/mol. The van der Waals surface area contributed by atoms with Crippen LogP contribution in [0.3, 0.4) is 0 Å². The van der Waals surface area contributed by atoms with Crippen LogP contribution in [-0.2, 0) is 4.79 Å². The highest BCUT2D eigenvalue weighted by Crippen LogP contribution is 2.21. The SMILES string of the molecule is CC(C(=O)Br)c1ccc([N+](=O)[O-])cc1. The lowest BCUT2D eigenvalue weighted by molar-refractivity contribution is -0.384. The molecule has 74 valence electrons. The van der Waals surface area contributed by atoms with Gasteiger partial charge in [-0.2, -0.15) is 0 Å². The maximum Gasteiger partial charge on any atom is 0.269 e. The Bertz CT molecular complexity index is 361. The first-order chi connectivity index (χ1) is 6.52. The molecule has 0 heterocycles. The molecule has 0 N–H and O–H groups in total. The molecule has 0 spiro atoms. The van der Waals surface area contributed by atoms with Gasteiger partial charge in [-0.05, 0) is 21.5 Å². The molecule has 0 saturated carbocycles. The number of halogens is 1. The third-order valence-corrected chi connectivity index (χ3v) is 2.63. The van der Waals surface area contributed by atoms with E-state index < -0.39 is 4.92 Å². The first-order valence-electron chi connectivity index (χ1n) is 3.96. The van der Waals surface area contributed by atoms with Crippen LogP contribution >= 0.6 is 15.9 Å². The maximum atomic E-state index is 10.9. The molecule has 1 atom stereocenters. The van der Waals surface area contributed by atoms with Crippen molar-refractivity contribution in [3.05, 3.63) is 39.9 Å². The van der Waals surface area contributed by atoms with Gasteiger partial charge in [0.05, 0.1) is 10.8 Å². The lowest BCUT2D eigenvalue weighted by Crippen LogP contribution is -2.01. The molecule has 0 aliphatic rings. The Balaban J connectivity index is 2.94. The number of hydrogen-bond acceptors (Lipinski definition) is 3. The minimum absolute atomic E-state index is 0.0305. The second-order valence-corrected chi connectivity index (χ2v) is 3.66. The lowest BCUT2D eigenvalue weighted by atomic mass is 10.0. The summed E-state index contributed by atoms with van der Waals surface area (Å²) in [6.45, 7) is 1.73. The van der Waals surface area contributed by atoms with E-state index in [2.05, 4.69) is 15.9 Å². The van der Waals surface area contributed by atoms with Crippen molar-refractivity contribution >= 4 is 26.3 Å². The molecule has 1 aromatic rings. The normalized spacial score (nSPS) is 12.1. The quantitative estimate of drug-likeness (QED) is 0.475. The number of nitro benzene ring substituents is 1. The predicted molar refractivity (Wildman–Crippen MR) is 55.4 cm³/mol. The topological polar surface area (TPSA) is 60.2 Å². The summed E-state index contributed by atoms with van der Waals surface area (Å²) in [6.07, 6.45) is 0. The molecule has 0 aromatic heterocycles. The Kier molecular flexibility index (Phi) is 3.35. The van der Waals surface area contributed by atoms with Gasteiger partial charge in [0.15, 0.2) is 0 Å². The molecular formula is C9H8BrNO3. The van der Waals surface area contributed by atoms with Crippen molar-refractivity contribution < 1.29 is 9.72 Å². The lowest BCUT2D eigenvalue weighted by Gasteiger charge is -2.05. The molecule has 0 bridgehead atoms. The second-order valence-electron chi connectivity index (χ2n) is 2.87. The summed E-state index contributed by atoms with van der Waals surface area (Å²) >= 11 is 2.85. The van der Waals surface area contributed by atoms with Crippen LogP contribution in [0.4, 0.5) is 5.69 Å². The minimum Gasteiger partial charge on any atom is -0.286 e. The fraction of sp³-hybridized carbons (Fsp3) is 0.222. The third-order valence-electron chi connectivity index (χ3n) is 1.94. The Morgan fingerprint density at radius 3 is 2.29 bits per heavy atom. The summed E-state index contributed by atoms with van der Waals surface area (Å²) in [4.78, 5) is 20.8. The zero-order valence-corrected chi connectivity index (χ0v) is 9.02. The van der Waals surface area contributed by atoms with Crippen molar-refractivity contribution in [1.29, 1.82) is 0 Å². The van der Waals surface area contributed by atoms with E-state index >= 15 is 0 Å². The average molecular weight is 258 g/mol. The van der Waals surface area contributed by atoms with Crippen LogP contribution in [0.25, 0.3) is 0 Å². The Hall–Kier alpha value is -1.23. The molecule has 5 heteroatoms. The number of nitrogens with zero attached hydrogens (tertiary/aromatic N) is 1. The van der Waals surface area contributed by atoms with Gasteiger partial charge >= 0.3 is 0 Å². The van der Waals surface area contributed by atoms with Gasteiger partial charge in [-0.1, -0.05) is 19.1 Å². The van der Waals surface area contributed by atoms with Crippen LogP contribution in [0.5, 0.6) is 0 Å². The fourth-order valence-electron chi connectivity index (χ4n) is 1.02. The predicted octanol–water partition coefficient (Wildman–Crippen LogP) is 2.62. The summed E-state index contributed by atoms with van der Waals surface area (Å²) in [7, 11) is 0. The number of carbonyl (C=O) groups excluding carboxylic acids is 1. The van der Waals surface area contributed by atoms with Crippen LogP contribution in [0.2, 0.25) is 0 Å². The number of nitro groups is 1. The highest BCUT2D eigenvalue weighted by molar-refractivity contribution is 9.18. The van der Waals surface area contributed by atoms with E-state index in [1.807, 2.05) is 0 Å². The molecule has 0 saturated heterocycles. The van der Waals surface area contributed by atoms with Crippen molar-refractivity contribution in [3.8, 4) is 0 Å². The fourth-order valence-corrected chi connectivity index (χ4v) is 1.28. The Morgan fingerprint density at radius 2 is 1.93 bits per heavy atom. The van der Waals surface area contributed by atoms with Gasteiger partial charge in [0.1, 0.15) is 0 Å². The summed E-state index contributed by atoms with van der Waals surface area (Å²) < 4.78 is -0.133. The first-order valence-corrected chi connectivity index (χ1v) is 4.75. The van der Waals surface area contributed by atoms with Gasteiger partial charge in [-0.25, -0.2) is 0 Å². The van der Waals surface area contributed by atoms with Gasteiger partial charge in [-0.15, -0.1) is 0 Å². The van der Waals surface area contributed by atoms with E-state index in [-0.39, 0.29) is 16.3 Å². The van der Waals surface area contributed by atoms with Crippen LogP contribution in [0.15, 0.2) is 24.3 Å². The average Bonchev–Trinajstić information content (AvgIpc) is 2.16. The largest absolute Gasteiger partial charge is 0.286 e. The van der Waals surface area contributed by atoms with Gasteiger partial charge < -0.3 is 0 Å². The summed E-state index contributed by atoms with van der Waals surface area (Å²) in [6, 6.07) is 5.95. The standard InChI is InChI=1S/C9H8BrNO3/c1-6(9(10)12)7-2-4-8(5-3-7)11(13)14/h2-6H,1H3. The van der Waals surface area contributed by atoms with Gasteiger partial charge in [-0.3, -0.25) is 14.9 Å². The van der Waals surface area contributed by atoms with Crippen molar-refractivity contribution in [2.24, 2.45) is 0 Å². The van der Waals surface area contributed by atoms with Crippen LogP contribution in [0.1, 0.15) is 18.4 Å². The van der Waals surface area contributed by atoms with Gasteiger partial charge in [0, 0.05) is 12.1 Å². The van der Waals surface area contributed by atoms with E-state index in [0.29, 0.717) is 0 Å². The zero-order valence-electron chi connectivity index (χ0n) is 7.44. The van der Waals surface area contributed by atoms with E-state index in [1.54, 1.807) is 19.1 Å². The van der Waals surface area contributed by atoms with E-state index in [4.69, 9.17) is 0 Å². The monoisotopic (exact) mass is 257 g/mol. The van der Waals surface area contributed by atoms with Crippen molar-refractivity contribution in [3.63, 3.8) is 0 Å². The molecule has 1 aromatic carbocycles. The van der Waals surface area contributed by atoms with Crippen LogP contribution < -0.4 is 0 Å².